The van der Waals surface area contributed by atoms with Crippen LogP contribution in [-0.4, -0.2) is 0 Å². The number of halogens is 2. The molecule has 0 atom stereocenters. The molecule has 0 unspecified atom stereocenters. The van der Waals surface area contributed by atoms with Crippen LogP contribution in [0.4, 0.5) is 4.70 Å². The maximum Gasteiger partial charge on any atom is 0 e. The first-order valence-electron chi connectivity index (χ1n) is 8.93. The molecule has 27 heavy (non-hydrogen) atoms. The van der Waals surface area contributed by atoms with E-state index >= 15 is 0 Å². The smallest absolute Gasteiger partial charge is 0 e. The predicted molar refractivity (Wildman–Crippen MR) is 128 cm³/mol. The van der Waals surface area contributed by atoms with Crippen LogP contribution in [0.5, 0.6) is 0 Å². The van der Waals surface area contributed by atoms with Crippen molar-refractivity contribution >= 4 is 24.1 Å². The first-order chi connectivity index (χ1) is 11.5. The van der Waals surface area contributed by atoms with E-state index < -0.39 is 0 Å². The summed E-state index contributed by atoms with van der Waals surface area (Å²) in [7, 11) is 0. The number of rotatable bonds is 1. The van der Waals surface area contributed by atoms with Gasteiger partial charge in [0.2, 0.25) is 0 Å². The fourth-order valence-electron chi connectivity index (χ4n) is 1.86. The second-order valence-electron chi connectivity index (χ2n) is 8.14. The van der Waals surface area contributed by atoms with Crippen LogP contribution < -0.4 is 10.4 Å². The number of benzene rings is 2. The fourth-order valence-corrected chi connectivity index (χ4v) is 1.86. The molecule has 0 N–H and O–H groups in total. The van der Waals surface area contributed by atoms with Gasteiger partial charge in [-0.1, -0.05) is 112 Å². The molecule has 0 bridgehead atoms. The van der Waals surface area contributed by atoms with Gasteiger partial charge in [0.25, 0.3) is 0 Å². The van der Waals surface area contributed by atoms with Crippen LogP contribution >= 0.6 is 12.4 Å². The molecule has 0 spiro atoms. The Hall–Kier alpha value is -1.86. The van der Waals surface area contributed by atoms with Gasteiger partial charge >= 0.3 is 0 Å². The third-order valence-electron chi connectivity index (χ3n) is 3.02. The highest BCUT2D eigenvalue weighted by molar-refractivity contribution is 5.85. The van der Waals surface area contributed by atoms with Crippen molar-refractivity contribution in [1.29, 1.82) is 0 Å². The Morgan fingerprint density at radius 3 is 1.56 bits per heavy atom. The molecule has 2 heteroatoms. The Labute approximate surface area is 174 Å². The molecule has 0 aliphatic heterocycles. The molecule has 0 nitrogen and oxygen atoms in total. The highest BCUT2D eigenvalue weighted by Crippen LogP contribution is 2.08. The highest BCUT2D eigenvalue weighted by atomic mass is 35.5. The van der Waals surface area contributed by atoms with Gasteiger partial charge in [-0.15, -0.1) is 12.4 Å². The summed E-state index contributed by atoms with van der Waals surface area (Å²) in [6.45, 7) is 20.9. The van der Waals surface area contributed by atoms with Crippen LogP contribution in [0.1, 0.15) is 54.1 Å². The lowest BCUT2D eigenvalue weighted by atomic mass is 10.0. The minimum absolute atomic E-state index is 0. The normalized spacial score (nSPS) is 10.0. The Morgan fingerprint density at radius 1 is 0.852 bits per heavy atom. The zero-order valence-corrected chi connectivity index (χ0v) is 19.1. The van der Waals surface area contributed by atoms with Crippen LogP contribution in [0.25, 0.3) is 11.6 Å². The predicted octanol–water partition coefficient (Wildman–Crippen LogP) is 7.02. The Balaban J connectivity index is -0.000000159. The number of hydrogen-bond acceptors (Lipinski definition) is 0. The average molecular weight is 395 g/mol. The summed E-state index contributed by atoms with van der Waals surface area (Å²) in [5, 5.41) is 2.55. The second-order valence-corrected chi connectivity index (χ2v) is 8.14. The van der Waals surface area contributed by atoms with Gasteiger partial charge in [-0.25, -0.2) is 0 Å². The summed E-state index contributed by atoms with van der Waals surface area (Å²) in [4.78, 5) is 0. The summed E-state index contributed by atoms with van der Waals surface area (Å²) < 4.78 is 0. The molecule has 0 saturated carbocycles. The minimum atomic E-state index is 0. The van der Waals surface area contributed by atoms with Gasteiger partial charge in [0, 0.05) is 1.43 Å². The van der Waals surface area contributed by atoms with Gasteiger partial charge in [-0.3, -0.25) is 4.70 Å². The highest BCUT2D eigenvalue weighted by Gasteiger charge is 1.95. The minimum Gasteiger partial charge on any atom is -0.269 e. The zero-order valence-electron chi connectivity index (χ0n) is 18.3. The first kappa shape index (κ1) is 29.9. The Morgan fingerprint density at radius 2 is 1.22 bits per heavy atom. The van der Waals surface area contributed by atoms with Gasteiger partial charge in [-0.2, -0.15) is 0 Å². The largest absolute Gasteiger partial charge is 0.269 e. The van der Waals surface area contributed by atoms with E-state index in [1.807, 2.05) is 18.2 Å². The molecule has 0 aliphatic rings. The molecule has 0 heterocycles. The van der Waals surface area contributed by atoms with Crippen LogP contribution in [0, 0.1) is 19.3 Å². The monoisotopic (exact) mass is 394 g/mol. The summed E-state index contributed by atoms with van der Waals surface area (Å²) >= 11 is 0. The zero-order chi connectivity index (χ0) is 19.5. The van der Waals surface area contributed by atoms with E-state index in [1.165, 1.54) is 27.1 Å². The van der Waals surface area contributed by atoms with E-state index in [1.54, 1.807) is 0 Å². The molecule has 2 aromatic carbocycles. The first-order valence-corrected chi connectivity index (χ1v) is 8.93. The second kappa shape index (κ2) is 15.2. The molecule has 0 aromatic heterocycles. The fraction of sp³-hybridized carbons (Fsp3) is 0.360. The van der Waals surface area contributed by atoms with E-state index in [9.17, 15) is 0 Å². The SMILES string of the molecule is C=C/C=c1/ccccc1=C(C)C.CC(C)(C)C.Cc1ccc(C)cc1.Cl.F.[HH]. The van der Waals surface area contributed by atoms with Crippen molar-refractivity contribution in [1.82, 2.24) is 0 Å². The maximum atomic E-state index is 3.69. The standard InChI is InChI=1S/C12H14.C8H10.C5H12.ClH.FH.H2/c1-4-7-11-8-5-6-9-12(11)10(2)3;1-7-3-5-8(2)6-4-7;1-5(2,3)4;;;/h4-9H,1H2,2-3H3;3-6H,1-2H3;1-4H3;3*1H/b11-7-;;;;;. The van der Waals surface area contributed by atoms with Crippen molar-refractivity contribution in [3.63, 3.8) is 0 Å². The van der Waals surface area contributed by atoms with Crippen LogP contribution in [0.15, 0.2) is 61.2 Å². The van der Waals surface area contributed by atoms with Crippen LogP contribution in [0.3, 0.4) is 0 Å². The van der Waals surface area contributed by atoms with Crippen molar-refractivity contribution in [2.45, 2.75) is 55.4 Å². The average Bonchev–Trinajstić information content (AvgIpc) is 2.50. The Kier molecular flexibility index (Phi) is 16.9. The quantitative estimate of drug-likeness (QED) is 0.487. The van der Waals surface area contributed by atoms with Gasteiger partial charge < -0.3 is 0 Å². The molecule has 0 amide bonds. The van der Waals surface area contributed by atoms with Gasteiger partial charge in [-0.05, 0) is 43.5 Å². The lowest BCUT2D eigenvalue weighted by Crippen LogP contribution is -2.24. The molecule has 2 aromatic rings. The molecule has 154 valence electrons. The van der Waals surface area contributed by atoms with Gasteiger partial charge in [0.15, 0.2) is 0 Å². The number of aryl methyl sites for hydroxylation is 2. The molecule has 0 fully saturated rings. The number of allylic oxidation sites excluding steroid dienone is 1. The van der Waals surface area contributed by atoms with Crippen molar-refractivity contribution in [3.8, 4) is 0 Å². The molecule has 0 radical (unpaired) electrons. The van der Waals surface area contributed by atoms with Crippen molar-refractivity contribution < 1.29 is 6.13 Å². The van der Waals surface area contributed by atoms with E-state index in [2.05, 4.69) is 104 Å². The molecule has 0 aliphatic carbocycles. The van der Waals surface area contributed by atoms with Crippen LogP contribution in [0.2, 0.25) is 0 Å². The topological polar surface area (TPSA) is 0 Å². The Bertz CT molecular complexity index is 725. The maximum absolute atomic E-state index is 3.69. The third-order valence-corrected chi connectivity index (χ3v) is 3.02. The van der Waals surface area contributed by atoms with E-state index in [-0.39, 0.29) is 18.5 Å². The molecule has 0 saturated heterocycles. The summed E-state index contributed by atoms with van der Waals surface area (Å²) in [5.41, 5.74) is 4.50. The van der Waals surface area contributed by atoms with E-state index in [0.29, 0.717) is 5.41 Å². The summed E-state index contributed by atoms with van der Waals surface area (Å²) in [6, 6.07) is 16.8. The molecule has 2 rings (SSSR count). The van der Waals surface area contributed by atoms with Gasteiger partial charge in [0.05, 0.1) is 0 Å². The van der Waals surface area contributed by atoms with Gasteiger partial charge in [0.1, 0.15) is 0 Å². The van der Waals surface area contributed by atoms with Crippen molar-refractivity contribution in [2.24, 2.45) is 5.41 Å². The lowest BCUT2D eigenvalue weighted by molar-refractivity contribution is 0.469. The molecular weight excluding hydrogens is 355 g/mol. The molecular formula is C25H40ClF. The van der Waals surface area contributed by atoms with Crippen molar-refractivity contribution in [2.75, 3.05) is 0 Å². The van der Waals surface area contributed by atoms with Crippen LogP contribution in [-0.2, 0) is 0 Å². The lowest BCUT2D eigenvalue weighted by Gasteiger charge is -2.05. The van der Waals surface area contributed by atoms with E-state index in [4.69, 9.17) is 0 Å². The van der Waals surface area contributed by atoms with E-state index in [0.717, 1.165) is 0 Å². The number of hydrogen-bond donors (Lipinski definition) is 0. The summed E-state index contributed by atoms with van der Waals surface area (Å²) in [5.74, 6) is 0. The summed E-state index contributed by atoms with van der Waals surface area (Å²) in [6.07, 6.45) is 3.85. The third kappa shape index (κ3) is 17.3. The van der Waals surface area contributed by atoms with Crippen molar-refractivity contribution in [3.05, 3.63) is 82.8 Å².